The molecule has 1 aliphatic heterocycles. The molecule has 0 bridgehead atoms. The van der Waals surface area contributed by atoms with E-state index in [2.05, 4.69) is 0 Å². The van der Waals surface area contributed by atoms with Crippen molar-refractivity contribution in [1.82, 2.24) is 4.90 Å². The van der Waals surface area contributed by atoms with Gasteiger partial charge in [-0.25, -0.2) is 0 Å². The van der Waals surface area contributed by atoms with Gasteiger partial charge in [0.1, 0.15) is 18.8 Å². The average Bonchev–Trinajstić information content (AvgIpc) is 2.60. The predicted molar refractivity (Wildman–Crippen MR) is 73.5 cm³/mol. The standard InChI is InChI=1S/C15H19NO4/c1-2-19-15(18)9-13(17)11-16-7-8-20-14-6-4-3-5-12(14)10-16/h3-6H,2,7-11H2,1H3. The second kappa shape index (κ2) is 7.05. The molecule has 5 nitrogen and oxygen atoms in total. The molecule has 1 aromatic carbocycles. The van der Waals surface area contributed by atoms with Crippen molar-refractivity contribution in [3.8, 4) is 5.75 Å². The molecule has 0 saturated heterocycles. The zero-order chi connectivity index (χ0) is 14.4. The second-order valence-corrected chi connectivity index (χ2v) is 4.69. The third-order valence-electron chi connectivity index (χ3n) is 3.08. The van der Waals surface area contributed by atoms with Crippen LogP contribution in [0, 0.1) is 0 Å². The molecule has 0 atom stereocenters. The fraction of sp³-hybridized carbons (Fsp3) is 0.467. The zero-order valence-corrected chi connectivity index (χ0v) is 11.6. The van der Waals surface area contributed by atoms with Crippen LogP contribution < -0.4 is 4.74 Å². The maximum atomic E-state index is 11.8. The monoisotopic (exact) mass is 277 g/mol. The minimum absolute atomic E-state index is 0.122. The Morgan fingerprint density at radius 2 is 2.15 bits per heavy atom. The summed E-state index contributed by atoms with van der Waals surface area (Å²) in [7, 11) is 0. The van der Waals surface area contributed by atoms with E-state index in [4.69, 9.17) is 9.47 Å². The highest BCUT2D eigenvalue weighted by Crippen LogP contribution is 2.22. The number of nitrogens with zero attached hydrogens (tertiary/aromatic N) is 1. The average molecular weight is 277 g/mol. The van der Waals surface area contributed by atoms with Crippen LogP contribution in [0.2, 0.25) is 0 Å². The Morgan fingerprint density at radius 3 is 2.95 bits per heavy atom. The SMILES string of the molecule is CCOC(=O)CC(=O)CN1CCOc2ccccc2C1. The van der Waals surface area contributed by atoms with Crippen LogP contribution >= 0.6 is 0 Å². The summed E-state index contributed by atoms with van der Waals surface area (Å²) in [4.78, 5) is 25.1. The Labute approximate surface area is 118 Å². The molecule has 0 radical (unpaired) electrons. The number of ether oxygens (including phenoxy) is 2. The summed E-state index contributed by atoms with van der Waals surface area (Å²) in [6, 6.07) is 7.80. The van der Waals surface area contributed by atoms with E-state index in [0.717, 1.165) is 11.3 Å². The quantitative estimate of drug-likeness (QED) is 0.601. The highest BCUT2D eigenvalue weighted by molar-refractivity contribution is 5.96. The van der Waals surface area contributed by atoms with Gasteiger partial charge in [-0.05, 0) is 13.0 Å². The first kappa shape index (κ1) is 14.5. The van der Waals surface area contributed by atoms with E-state index in [1.54, 1.807) is 6.92 Å². The molecule has 2 rings (SSSR count). The number of benzene rings is 1. The van der Waals surface area contributed by atoms with Crippen molar-refractivity contribution < 1.29 is 19.1 Å². The van der Waals surface area contributed by atoms with Crippen molar-refractivity contribution in [3.05, 3.63) is 29.8 Å². The summed E-state index contributed by atoms with van der Waals surface area (Å²) in [5.41, 5.74) is 1.06. The van der Waals surface area contributed by atoms with Gasteiger partial charge in [0.25, 0.3) is 0 Å². The molecule has 1 aliphatic rings. The van der Waals surface area contributed by atoms with Crippen molar-refractivity contribution in [3.63, 3.8) is 0 Å². The normalized spacial score (nSPS) is 14.8. The molecule has 108 valence electrons. The highest BCUT2D eigenvalue weighted by Gasteiger charge is 2.19. The van der Waals surface area contributed by atoms with E-state index in [1.165, 1.54) is 0 Å². The molecule has 0 amide bonds. The molecule has 0 spiro atoms. The topological polar surface area (TPSA) is 55.8 Å². The number of hydrogen-bond acceptors (Lipinski definition) is 5. The van der Waals surface area contributed by atoms with Gasteiger partial charge in [-0.15, -0.1) is 0 Å². The minimum atomic E-state index is -0.455. The van der Waals surface area contributed by atoms with Gasteiger partial charge in [0, 0.05) is 18.7 Å². The van der Waals surface area contributed by atoms with Crippen molar-refractivity contribution in [2.75, 3.05) is 26.3 Å². The van der Waals surface area contributed by atoms with E-state index >= 15 is 0 Å². The molecular formula is C15H19NO4. The Balaban J connectivity index is 1.90. The molecule has 0 saturated carbocycles. The number of carbonyl (C=O) groups is 2. The van der Waals surface area contributed by atoms with Crippen molar-refractivity contribution in [2.24, 2.45) is 0 Å². The molecule has 0 unspecified atom stereocenters. The van der Waals surface area contributed by atoms with Crippen LogP contribution in [0.4, 0.5) is 0 Å². The van der Waals surface area contributed by atoms with Crippen LogP contribution in [0.3, 0.4) is 0 Å². The van der Waals surface area contributed by atoms with Gasteiger partial charge >= 0.3 is 5.97 Å². The number of hydrogen-bond donors (Lipinski definition) is 0. The van der Waals surface area contributed by atoms with E-state index < -0.39 is 5.97 Å². The lowest BCUT2D eigenvalue weighted by atomic mass is 10.2. The summed E-state index contributed by atoms with van der Waals surface area (Å²) in [6.45, 7) is 4.15. The van der Waals surface area contributed by atoms with Crippen LogP contribution in [0.15, 0.2) is 24.3 Å². The number of para-hydroxylation sites is 1. The fourth-order valence-electron chi connectivity index (χ4n) is 2.19. The van der Waals surface area contributed by atoms with Gasteiger partial charge in [-0.2, -0.15) is 0 Å². The smallest absolute Gasteiger partial charge is 0.313 e. The lowest BCUT2D eigenvalue weighted by Gasteiger charge is -2.17. The van der Waals surface area contributed by atoms with Crippen LogP contribution in [0.1, 0.15) is 18.9 Å². The van der Waals surface area contributed by atoms with Gasteiger partial charge in [0.05, 0.1) is 13.2 Å². The molecule has 1 aromatic rings. The first-order valence-corrected chi connectivity index (χ1v) is 6.79. The van der Waals surface area contributed by atoms with Crippen LogP contribution in [-0.4, -0.2) is 43.0 Å². The lowest BCUT2D eigenvalue weighted by molar-refractivity contribution is -0.145. The summed E-state index contributed by atoms with van der Waals surface area (Å²) >= 11 is 0. The number of fused-ring (bicyclic) bond motifs is 1. The zero-order valence-electron chi connectivity index (χ0n) is 11.6. The fourth-order valence-corrected chi connectivity index (χ4v) is 2.19. The first-order valence-electron chi connectivity index (χ1n) is 6.79. The van der Waals surface area contributed by atoms with E-state index in [9.17, 15) is 9.59 Å². The first-order chi connectivity index (χ1) is 9.69. The summed E-state index contributed by atoms with van der Waals surface area (Å²) < 4.78 is 10.4. The molecular weight excluding hydrogens is 258 g/mol. The summed E-state index contributed by atoms with van der Waals surface area (Å²) in [5.74, 6) is 0.291. The number of ketones is 1. The Hall–Kier alpha value is -1.88. The number of carbonyl (C=O) groups excluding carboxylic acids is 2. The van der Waals surface area contributed by atoms with Gasteiger partial charge in [0.2, 0.25) is 0 Å². The highest BCUT2D eigenvalue weighted by atomic mass is 16.5. The van der Waals surface area contributed by atoms with Crippen molar-refractivity contribution in [1.29, 1.82) is 0 Å². The van der Waals surface area contributed by atoms with Gasteiger partial charge < -0.3 is 9.47 Å². The molecule has 0 fully saturated rings. The number of esters is 1. The van der Waals surface area contributed by atoms with Gasteiger partial charge in [-0.3, -0.25) is 14.5 Å². The third-order valence-corrected chi connectivity index (χ3v) is 3.08. The van der Waals surface area contributed by atoms with E-state index in [1.807, 2.05) is 29.2 Å². The van der Waals surface area contributed by atoms with Crippen molar-refractivity contribution >= 4 is 11.8 Å². The van der Waals surface area contributed by atoms with Crippen molar-refractivity contribution in [2.45, 2.75) is 19.9 Å². The Bertz CT molecular complexity index is 487. The molecule has 0 aromatic heterocycles. The van der Waals surface area contributed by atoms with E-state index in [-0.39, 0.29) is 18.7 Å². The molecule has 1 heterocycles. The van der Waals surface area contributed by atoms with Crippen LogP contribution in [-0.2, 0) is 20.9 Å². The Morgan fingerprint density at radius 1 is 1.35 bits per heavy atom. The van der Waals surface area contributed by atoms with Gasteiger partial charge in [0.15, 0.2) is 5.78 Å². The lowest BCUT2D eigenvalue weighted by Crippen LogP contribution is -2.32. The molecule has 5 heteroatoms. The largest absolute Gasteiger partial charge is 0.492 e. The van der Waals surface area contributed by atoms with Crippen LogP contribution in [0.25, 0.3) is 0 Å². The minimum Gasteiger partial charge on any atom is -0.492 e. The maximum absolute atomic E-state index is 11.8. The summed E-state index contributed by atoms with van der Waals surface area (Å²) in [6.07, 6.45) is -0.160. The molecule has 0 N–H and O–H groups in total. The van der Waals surface area contributed by atoms with Gasteiger partial charge in [-0.1, -0.05) is 18.2 Å². The van der Waals surface area contributed by atoms with E-state index in [0.29, 0.717) is 26.3 Å². The molecule has 20 heavy (non-hydrogen) atoms. The number of Topliss-reactive ketones (excluding diaryl/α,β-unsaturated/α-hetero) is 1. The Kier molecular flexibility index (Phi) is 5.12. The second-order valence-electron chi connectivity index (χ2n) is 4.69. The predicted octanol–water partition coefficient (Wildman–Crippen LogP) is 1.40. The van der Waals surface area contributed by atoms with Crippen LogP contribution in [0.5, 0.6) is 5.75 Å². The number of rotatable bonds is 5. The molecule has 0 aliphatic carbocycles. The third kappa shape index (κ3) is 4.06. The summed E-state index contributed by atoms with van der Waals surface area (Å²) in [5, 5.41) is 0. The maximum Gasteiger partial charge on any atom is 0.313 e.